The predicted octanol–water partition coefficient (Wildman–Crippen LogP) is 1.98. The van der Waals surface area contributed by atoms with E-state index in [2.05, 4.69) is 45.3 Å². The Bertz CT molecular complexity index is 531. The lowest BCUT2D eigenvalue weighted by Gasteiger charge is -2.08. The molecule has 1 atom stereocenters. The number of benzene rings is 1. The van der Waals surface area contributed by atoms with Gasteiger partial charge < -0.3 is 10.6 Å². The third-order valence-corrected chi connectivity index (χ3v) is 4.04. The molecule has 0 spiro atoms. The van der Waals surface area contributed by atoms with E-state index in [0.29, 0.717) is 13.0 Å². The molecule has 0 saturated carbocycles. The van der Waals surface area contributed by atoms with Crippen molar-refractivity contribution in [2.24, 2.45) is 0 Å². The molecule has 4 heteroatoms. The molecule has 1 heterocycles. The molecule has 0 unspecified atom stereocenters. The van der Waals surface area contributed by atoms with Crippen LogP contribution >= 0.6 is 15.9 Å². The average molecular weight is 321 g/mol. The highest BCUT2D eigenvalue weighted by molar-refractivity contribution is 9.10. The van der Waals surface area contributed by atoms with Crippen molar-refractivity contribution in [3.8, 4) is 11.8 Å². The van der Waals surface area contributed by atoms with E-state index in [9.17, 15) is 4.79 Å². The summed E-state index contributed by atoms with van der Waals surface area (Å²) in [6.07, 6.45) is 1.57. The first-order valence-electron chi connectivity index (χ1n) is 6.41. The van der Waals surface area contributed by atoms with Crippen LogP contribution < -0.4 is 10.6 Å². The van der Waals surface area contributed by atoms with Crippen LogP contribution in [0, 0.1) is 18.8 Å². The summed E-state index contributed by atoms with van der Waals surface area (Å²) in [5.41, 5.74) is 2.21. The van der Waals surface area contributed by atoms with E-state index in [1.807, 2.05) is 18.2 Å². The lowest BCUT2D eigenvalue weighted by molar-refractivity contribution is -0.119. The molecule has 1 fully saturated rings. The second-order valence-electron chi connectivity index (χ2n) is 4.65. The normalized spacial score (nSPS) is 17.8. The van der Waals surface area contributed by atoms with E-state index >= 15 is 0 Å². The van der Waals surface area contributed by atoms with Crippen LogP contribution in [-0.4, -0.2) is 25.0 Å². The average Bonchev–Trinajstić information content (AvgIpc) is 2.80. The molecular weight excluding hydrogens is 304 g/mol. The van der Waals surface area contributed by atoms with Crippen LogP contribution in [0.5, 0.6) is 0 Å². The van der Waals surface area contributed by atoms with Crippen molar-refractivity contribution < 1.29 is 4.79 Å². The monoisotopic (exact) mass is 320 g/mol. The van der Waals surface area contributed by atoms with Crippen molar-refractivity contribution >= 4 is 21.8 Å². The highest BCUT2D eigenvalue weighted by Gasteiger charge is 2.19. The number of carbonyl (C=O) groups is 1. The lowest BCUT2D eigenvalue weighted by Crippen LogP contribution is -2.35. The Hall–Kier alpha value is -1.31. The van der Waals surface area contributed by atoms with Gasteiger partial charge in [-0.1, -0.05) is 33.8 Å². The second-order valence-corrected chi connectivity index (χ2v) is 5.50. The molecule has 0 aromatic heterocycles. The van der Waals surface area contributed by atoms with Gasteiger partial charge in [0, 0.05) is 29.0 Å². The fourth-order valence-corrected chi connectivity index (χ4v) is 2.39. The summed E-state index contributed by atoms with van der Waals surface area (Å²) in [5.74, 6) is 6.42. The summed E-state index contributed by atoms with van der Waals surface area (Å²) in [7, 11) is 0. The molecule has 1 aromatic carbocycles. The fraction of sp³-hybridized carbons (Fsp3) is 0.400. The SMILES string of the molecule is Cc1c(Br)cccc1C#CCNC[C@@H]1CCC(=O)N1. The molecule has 1 aromatic rings. The van der Waals surface area contributed by atoms with Gasteiger partial charge in [0.25, 0.3) is 0 Å². The Labute approximate surface area is 122 Å². The van der Waals surface area contributed by atoms with E-state index < -0.39 is 0 Å². The topological polar surface area (TPSA) is 41.1 Å². The molecule has 0 radical (unpaired) electrons. The van der Waals surface area contributed by atoms with Gasteiger partial charge in [-0.15, -0.1) is 0 Å². The number of amides is 1. The minimum atomic E-state index is 0.155. The van der Waals surface area contributed by atoms with Crippen molar-refractivity contribution in [1.82, 2.24) is 10.6 Å². The zero-order valence-electron chi connectivity index (χ0n) is 10.9. The first kappa shape index (κ1) is 14.1. The molecule has 2 N–H and O–H groups in total. The van der Waals surface area contributed by atoms with Gasteiger partial charge in [0.1, 0.15) is 0 Å². The second kappa shape index (κ2) is 6.74. The van der Waals surface area contributed by atoms with Gasteiger partial charge in [-0.05, 0) is 31.0 Å². The van der Waals surface area contributed by atoms with Crippen LogP contribution in [0.4, 0.5) is 0 Å². The molecule has 1 aliphatic heterocycles. The van der Waals surface area contributed by atoms with Crippen LogP contribution in [0.15, 0.2) is 22.7 Å². The number of carbonyl (C=O) groups excluding carboxylic acids is 1. The zero-order valence-corrected chi connectivity index (χ0v) is 12.5. The first-order chi connectivity index (χ1) is 9.16. The third kappa shape index (κ3) is 4.09. The Balaban J connectivity index is 1.78. The van der Waals surface area contributed by atoms with Crippen molar-refractivity contribution in [1.29, 1.82) is 0 Å². The summed E-state index contributed by atoms with van der Waals surface area (Å²) < 4.78 is 1.08. The largest absolute Gasteiger partial charge is 0.352 e. The molecule has 100 valence electrons. The maximum Gasteiger partial charge on any atom is 0.220 e. The van der Waals surface area contributed by atoms with Gasteiger partial charge in [-0.3, -0.25) is 4.79 Å². The van der Waals surface area contributed by atoms with Gasteiger partial charge in [0.15, 0.2) is 0 Å². The van der Waals surface area contributed by atoms with E-state index in [-0.39, 0.29) is 11.9 Å². The highest BCUT2D eigenvalue weighted by atomic mass is 79.9. The predicted molar refractivity (Wildman–Crippen MR) is 79.8 cm³/mol. The van der Waals surface area contributed by atoms with Crippen molar-refractivity contribution in [3.05, 3.63) is 33.8 Å². The van der Waals surface area contributed by atoms with Crippen molar-refractivity contribution in [3.63, 3.8) is 0 Å². The van der Waals surface area contributed by atoms with Crippen LogP contribution in [-0.2, 0) is 4.79 Å². The van der Waals surface area contributed by atoms with E-state index in [0.717, 1.165) is 28.6 Å². The quantitative estimate of drug-likeness (QED) is 0.660. The molecule has 1 aliphatic rings. The minimum Gasteiger partial charge on any atom is -0.352 e. The molecule has 19 heavy (non-hydrogen) atoms. The summed E-state index contributed by atoms with van der Waals surface area (Å²) in [6, 6.07) is 6.29. The summed E-state index contributed by atoms with van der Waals surface area (Å²) >= 11 is 3.50. The van der Waals surface area contributed by atoms with Gasteiger partial charge >= 0.3 is 0 Å². The first-order valence-corrected chi connectivity index (χ1v) is 7.20. The number of hydrogen-bond donors (Lipinski definition) is 2. The number of hydrogen-bond acceptors (Lipinski definition) is 2. The fourth-order valence-electron chi connectivity index (χ4n) is 2.02. The maximum atomic E-state index is 11.0. The van der Waals surface area contributed by atoms with Crippen LogP contribution in [0.25, 0.3) is 0 Å². The van der Waals surface area contributed by atoms with Gasteiger partial charge in [0.2, 0.25) is 5.91 Å². The van der Waals surface area contributed by atoms with Crippen LogP contribution in [0.2, 0.25) is 0 Å². The molecular formula is C15H17BrN2O. The Kier molecular flexibility index (Phi) is 5.00. The van der Waals surface area contributed by atoms with Crippen molar-refractivity contribution in [2.45, 2.75) is 25.8 Å². The van der Waals surface area contributed by atoms with E-state index in [1.54, 1.807) is 0 Å². The smallest absolute Gasteiger partial charge is 0.220 e. The zero-order chi connectivity index (χ0) is 13.7. The maximum absolute atomic E-state index is 11.0. The molecule has 3 nitrogen and oxygen atoms in total. The summed E-state index contributed by atoms with van der Waals surface area (Å²) in [6.45, 7) is 3.48. The molecule has 1 saturated heterocycles. The molecule has 0 bridgehead atoms. The summed E-state index contributed by atoms with van der Waals surface area (Å²) in [4.78, 5) is 11.0. The Morgan fingerprint density at radius 1 is 1.53 bits per heavy atom. The van der Waals surface area contributed by atoms with E-state index in [1.165, 1.54) is 0 Å². The Morgan fingerprint density at radius 3 is 3.11 bits per heavy atom. The van der Waals surface area contributed by atoms with Gasteiger partial charge in [-0.2, -0.15) is 0 Å². The van der Waals surface area contributed by atoms with Crippen molar-refractivity contribution in [2.75, 3.05) is 13.1 Å². The lowest BCUT2D eigenvalue weighted by atomic mass is 10.1. The Morgan fingerprint density at radius 2 is 2.37 bits per heavy atom. The van der Waals surface area contributed by atoms with E-state index in [4.69, 9.17) is 0 Å². The molecule has 1 amide bonds. The molecule has 0 aliphatic carbocycles. The van der Waals surface area contributed by atoms with Gasteiger partial charge in [-0.25, -0.2) is 0 Å². The number of halogens is 1. The number of nitrogens with one attached hydrogen (secondary N) is 2. The standard InChI is InChI=1S/C15H17BrN2O/c1-11-12(4-2-6-14(11)16)5-3-9-17-10-13-7-8-15(19)18-13/h2,4,6,13,17H,7-10H2,1H3,(H,18,19)/t13-/m0/s1. The van der Waals surface area contributed by atoms with Crippen LogP contribution in [0.3, 0.4) is 0 Å². The highest BCUT2D eigenvalue weighted by Crippen LogP contribution is 2.18. The summed E-state index contributed by atoms with van der Waals surface area (Å²) in [5, 5.41) is 6.18. The molecule has 2 rings (SSSR count). The third-order valence-electron chi connectivity index (χ3n) is 3.18. The number of rotatable bonds is 3. The minimum absolute atomic E-state index is 0.155. The van der Waals surface area contributed by atoms with Crippen LogP contribution in [0.1, 0.15) is 24.0 Å². The van der Waals surface area contributed by atoms with Gasteiger partial charge in [0.05, 0.1) is 6.54 Å².